The molecule has 1 atom stereocenters. The summed E-state index contributed by atoms with van der Waals surface area (Å²) in [7, 11) is 0. The molecule has 2 fully saturated rings. The van der Waals surface area contributed by atoms with Crippen molar-refractivity contribution >= 4 is 10.8 Å². The zero-order valence-electron chi connectivity index (χ0n) is 21.0. The Morgan fingerprint density at radius 3 is 2.20 bits per heavy atom. The number of benzene rings is 3. The van der Waals surface area contributed by atoms with Crippen molar-refractivity contribution in [2.75, 3.05) is 26.3 Å². The van der Waals surface area contributed by atoms with Crippen LogP contribution in [0.4, 0.5) is 0 Å². The van der Waals surface area contributed by atoms with E-state index in [1.807, 2.05) is 0 Å². The number of nitrogens with zero attached hydrogens (tertiary/aromatic N) is 1. The smallest absolute Gasteiger partial charge is 0.305 e. The molecule has 3 aromatic carbocycles. The highest BCUT2D eigenvalue weighted by Gasteiger charge is 2.44. The van der Waals surface area contributed by atoms with Crippen molar-refractivity contribution in [1.29, 1.82) is 0 Å². The second-order valence-electron chi connectivity index (χ2n) is 11.1. The van der Waals surface area contributed by atoms with Gasteiger partial charge in [-0.15, -0.1) is 0 Å². The minimum atomic E-state index is -0.356. The van der Waals surface area contributed by atoms with E-state index in [-0.39, 0.29) is 11.8 Å². The molecule has 3 aromatic rings. The summed E-state index contributed by atoms with van der Waals surface area (Å²) in [4.78, 5) is 2.23. The molecule has 0 amide bonds. The van der Waals surface area contributed by atoms with Gasteiger partial charge in [0.1, 0.15) is 0 Å². The van der Waals surface area contributed by atoms with Crippen LogP contribution in [0, 0.1) is 13.8 Å². The molecule has 1 saturated carbocycles. The molecule has 1 saturated heterocycles. The van der Waals surface area contributed by atoms with Crippen LogP contribution < -0.4 is 9.47 Å². The highest BCUT2D eigenvalue weighted by atomic mass is 16.7. The molecule has 2 heterocycles. The second kappa shape index (κ2) is 8.25. The standard InChI is InChI=1S/C31H35NO3/c1-20-8-9-22-25(16-20)31(10-6-4-3-5-7-11-31)26-17-21(2)23-18-27-28(19-24(23)29(22)26)35-30(34-27)32-12-14-33-15-13-32/h8-9,16-19,30H,3-7,10-15H2,1-2H3. The van der Waals surface area contributed by atoms with Gasteiger partial charge in [-0.3, -0.25) is 0 Å². The molecule has 0 bridgehead atoms. The van der Waals surface area contributed by atoms with Crippen molar-refractivity contribution in [2.45, 2.75) is 70.6 Å². The summed E-state index contributed by atoms with van der Waals surface area (Å²) in [5.74, 6) is 1.73. The number of rotatable bonds is 1. The summed E-state index contributed by atoms with van der Waals surface area (Å²) in [6.45, 7) is 7.64. The van der Waals surface area contributed by atoms with E-state index in [0.29, 0.717) is 0 Å². The third-order valence-corrected chi connectivity index (χ3v) is 8.89. The average molecular weight is 470 g/mol. The Bertz CT molecular complexity index is 1300. The van der Waals surface area contributed by atoms with Crippen molar-refractivity contribution < 1.29 is 14.2 Å². The summed E-state index contributed by atoms with van der Waals surface area (Å²) in [5.41, 5.74) is 8.82. The van der Waals surface area contributed by atoms with Crippen LogP contribution >= 0.6 is 0 Å². The van der Waals surface area contributed by atoms with Gasteiger partial charge in [0.2, 0.25) is 0 Å². The molecule has 4 aliphatic rings. The molecule has 4 nitrogen and oxygen atoms in total. The van der Waals surface area contributed by atoms with Crippen LogP contribution in [0.2, 0.25) is 0 Å². The van der Waals surface area contributed by atoms with Gasteiger partial charge in [0, 0.05) is 18.5 Å². The van der Waals surface area contributed by atoms with Gasteiger partial charge in [0.15, 0.2) is 11.5 Å². The summed E-state index contributed by atoms with van der Waals surface area (Å²) in [5, 5.41) is 2.59. The molecule has 4 heteroatoms. The SMILES string of the molecule is Cc1ccc2c(c1)C1(CCCCCCC1)c1cc(C)c3cc4c(cc3c1-2)OC(N1CCOCC1)O4. The van der Waals surface area contributed by atoms with Crippen molar-refractivity contribution in [2.24, 2.45) is 0 Å². The zero-order chi connectivity index (χ0) is 23.6. The van der Waals surface area contributed by atoms with Gasteiger partial charge >= 0.3 is 6.41 Å². The van der Waals surface area contributed by atoms with Gasteiger partial charge in [0.05, 0.1) is 13.2 Å². The Kier molecular flexibility index (Phi) is 5.11. The van der Waals surface area contributed by atoms with E-state index in [2.05, 4.69) is 55.1 Å². The van der Waals surface area contributed by atoms with Crippen LogP contribution in [0.5, 0.6) is 11.5 Å². The van der Waals surface area contributed by atoms with Crippen molar-refractivity contribution in [3.05, 3.63) is 58.7 Å². The summed E-state index contributed by atoms with van der Waals surface area (Å²) < 4.78 is 18.2. The third kappa shape index (κ3) is 3.33. The van der Waals surface area contributed by atoms with Gasteiger partial charge in [-0.2, -0.15) is 0 Å². The molecule has 182 valence electrons. The first-order chi connectivity index (χ1) is 17.1. The lowest BCUT2D eigenvalue weighted by Crippen LogP contribution is -2.47. The molecule has 0 aromatic heterocycles. The van der Waals surface area contributed by atoms with E-state index < -0.39 is 0 Å². The molecule has 2 aliphatic carbocycles. The maximum absolute atomic E-state index is 6.38. The van der Waals surface area contributed by atoms with Crippen LogP contribution in [0.1, 0.15) is 67.2 Å². The predicted octanol–water partition coefficient (Wildman–Crippen LogP) is 6.85. The number of aryl methyl sites for hydroxylation is 2. The number of morpholine rings is 1. The lowest BCUT2D eigenvalue weighted by molar-refractivity contribution is -0.121. The number of ether oxygens (including phenoxy) is 3. The maximum Gasteiger partial charge on any atom is 0.305 e. The topological polar surface area (TPSA) is 30.9 Å². The molecule has 35 heavy (non-hydrogen) atoms. The minimum absolute atomic E-state index is 0.142. The molecule has 0 N–H and O–H groups in total. The zero-order valence-corrected chi connectivity index (χ0v) is 21.0. The first-order valence-electron chi connectivity index (χ1n) is 13.5. The lowest BCUT2D eigenvalue weighted by Gasteiger charge is -2.34. The van der Waals surface area contributed by atoms with Crippen LogP contribution in [0.15, 0.2) is 36.4 Å². The summed E-state index contributed by atoms with van der Waals surface area (Å²) >= 11 is 0. The summed E-state index contributed by atoms with van der Waals surface area (Å²) in [6, 6.07) is 14.2. The van der Waals surface area contributed by atoms with E-state index in [1.165, 1.54) is 78.0 Å². The van der Waals surface area contributed by atoms with Gasteiger partial charge in [-0.05, 0) is 77.4 Å². The Balaban J connectivity index is 1.40. The summed E-state index contributed by atoms with van der Waals surface area (Å²) in [6.07, 6.45) is 8.87. The monoisotopic (exact) mass is 469 g/mol. The molecule has 2 aliphatic heterocycles. The van der Waals surface area contributed by atoms with E-state index in [4.69, 9.17) is 14.2 Å². The highest BCUT2D eigenvalue weighted by Crippen LogP contribution is 2.58. The quantitative estimate of drug-likeness (QED) is 0.390. The van der Waals surface area contributed by atoms with E-state index >= 15 is 0 Å². The number of hydrogen-bond donors (Lipinski definition) is 0. The van der Waals surface area contributed by atoms with Gasteiger partial charge < -0.3 is 14.2 Å². The normalized spacial score (nSPS) is 23.2. The van der Waals surface area contributed by atoms with Crippen LogP contribution in [-0.4, -0.2) is 37.6 Å². The molecule has 1 spiro atoms. The van der Waals surface area contributed by atoms with E-state index in [0.717, 1.165) is 37.8 Å². The van der Waals surface area contributed by atoms with Crippen molar-refractivity contribution in [1.82, 2.24) is 4.90 Å². The Morgan fingerprint density at radius 1 is 0.771 bits per heavy atom. The fourth-order valence-corrected chi connectivity index (χ4v) is 7.10. The van der Waals surface area contributed by atoms with Gasteiger partial charge in [-0.1, -0.05) is 61.9 Å². The lowest BCUT2D eigenvalue weighted by atomic mass is 9.69. The largest absolute Gasteiger partial charge is 0.438 e. The number of fused-ring (bicyclic) bond motifs is 8. The molecular weight excluding hydrogens is 434 g/mol. The van der Waals surface area contributed by atoms with Gasteiger partial charge in [-0.25, -0.2) is 4.90 Å². The van der Waals surface area contributed by atoms with E-state index in [1.54, 1.807) is 11.1 Å². The fourth-order valence-electron chi connectivity index (χ4n) is 7.10. The van der Waals surface area contributed by atoms with Crippen molar-refractivity contribution in [3.8, 4) is 22.6 Å². The molecule has 1 unspecified atom stereocenters. The predicted molar refractivity (Wildman–Crippen MR) is 139 cm³/mol. The van der Waals surface area contributed by atoms with Crippen molar-refractivity contribution in [3.63, 3.8) is 0 Å². The fraction of sp³-hybridized carbons (Fsp3) is 0.484. The third-order valence-electron chi connectivity index (χ3n) is 8.89. The Morgan fingerprint density at radius 2 is 1.46 bits per heavy atom. The van der Waals surface area contributed by atoms with E-state index in [9.17, 15) is 0 Å². The average Bonchev–Trinajstić information content (AvgIpc) is 3.38. The first kappa shape index (κ1) is 21.7. The molecular formula is C31H35NO3. The molecule has 7 rings (SSSR count). The second-order valence-corrected chi connectivity index (χ2v) is 11.1. The van der Waals surface area contributed by atoms with Crippen LogP contribution in [0.25, 0.3) is 21.9 Å². The van der Waals surface area contributed by atoms with Gasteiger partial charge in [0.25, 0.3) is 0 Å². The highest BCUT2D eigenvalue weighted by molar-refractivity contribution is 6.05. The number of hydrogen-bond acceptors (Lipinski definition) is 4. The first-order valence-corrected chi connectivity index (χ1v) is 13.5. The van der Waals surface area contributed by atoms with Crippen LogP contribution in [0.3, 0.4) is 0 Å². The minimum Gasteiger partial charge on any atom is -0.438 e. The molecule has 0 radical (unpaired) electrons. The van der Waals surface area contributed by atoms with Crippen LogP contribution in [-0.2, 0) is 10.2 Å². The Hall–Kier alpha value is -2.56. The Labute approximate surface area is 208 Å². The maximum atomic E-state index is 6.38.